The Balaban J connectivity index is 2.16. The van der Waals surface area contributed by atoms with Crippen LogP contribution in [0.4, 0.5) is 4.79 Å². The lowest BCUT2D eigenvalue weighted by molar-refractivity contribution is -0.136. The van der Waals surface area contributed by atoms with Crippen LogP contribution in [0.3, 0.4) is 0 Å². The highest BCUT2D eigenvalue weighted by Crippen LogP contribution is 2.24. The van der Waals surface area contributed by atoms with Gasteiger partial charge in [-0.2, -0.15) is 0 Å². The van der Waals surface area contributed by atoms with Gasteiger partial charge in [-0.25, -0.2) is 4.79 Å². The van der Waals surface area contributed by atoms with Crippen LogP contribution in [-0.2, 0) is 15.1 Å². The van der Waals surface area contributed by atoms with Crippen molar-refractivity contribution in [1.29, 1.82) is 0 Å². The van der Waals surface area contributed by atoms with Crippen molar-refractivity contribution in [2.75, 3.05) is 6.54 Å². The Bertz CT molecular complexity index is 658. The van der Waals surface area contributed by atoms with Gasteiger partial charge in [-0.3, -0.25) is 19.7 Å². The first-order chi connectivity index (χ1) is 10.3. The predicted octanol–water partition coefficient (Wildman–Crippen LogP) is -0.0543. The molecule has 1 aliphatic heterocycles. The molecule has 0 saturated carbocycles. The van der Waals surface area contributed by atoms with Crippen LogP contribution in [0.2, 0.25) is 0 Å². The van der Waals surface area contributed by atoms with Gasteiger partial charge in [0.15, 0.2) is 0 Å². The summed E-state index contributed by atoms with van der Waals surface area (Å²) in [6, 6.07) is 5.64. The molecule has 22 heavy (non-hydrogen) atoms. The average Bonchev–Trinajstić information content (AvgIpc) is 2.72. The van der Waals surface area contributed by atoms with Crippen LogP contribution in [0.25, 0.3) is 0 Å². The van der Waals surface area contributed by atoms with Crippen molar-refractivity contribution < 1.29 is 24.3 Å². The number of carboxylic acid groups (broad SMARTS) is 1. The van der Waals surface area contributed by atoms with E-state index in [2.05, 4.69) is 16.0 Å². The molecule has 1 saturated heterocycles. The van der Waals surface area contributed by atoms with Crippen LogP contribution in [0.1, 0.15) is 29.3 Å². The first kappa shape index (κ1) is 15.5. The summed E-state index contributed by atoms with van der Waals surface area (Å²) in [6.45, 7) is 1.54. The van der Waals surface area contributed by atoms with Crippen LogP contribution in [0.5, 0.6) is 0 Å². The van der Waals surface area contributed by atoms with E-state index in [9.17, 15) is 19.2 Å². The van der Waals surface area contributed by atoms with Crippen LogP contribution in [0.15, 0.2) is 24.3 Å². The van der Waals surface area contributed by atoms with Crippen LogP contribution in [0, 0.1) is 0 Å². The Labute approximate surface area is 125 Å². The number of amides is 4. The SMILES string of the molecule is CC1(c2cccc(C(=O)NCCC(=O)O)c2)NC(=O)NC1=O. The molecular formula is C14H15N3O5. The number of carbonyl (C=O) groups is 4. The van der Waals surface area contributed by atoms with Gasteiger partial charge in [-0.15, -0.1) is 0 Å². The van der Waals surface area contributed by atoms with Crippen molar-refractivity contribution in [1.82, 2.24) is 16.0 Å². The Morgan fingerprint density at radius 2 is 2.05 bits per heavy atom. The molecule has 1 heterocycles. The summed E-state index contributed by atoms with van der Waals surface area (Å²) in [5.41, 5.74) is -0.506. The fraction of sp³-hybridized carbons (Fsp3) is 0.286. The number of carboxylic acids is 1. The molecule has 116 valence electrons. The number of benzene rings is 1. The summed E-state index contributed by atoms with van der Waals surface area (Å²) >= 11 is 0. The molecule has 0 aliphatic carbocycles. The van der Waals surface area contributed by atoms with Gasteiger partial charge in [0.25, 0.3) is 11.8 Å². The highest BCUT2D eigenvalue weighted by Gasteiger charge is 2.43. The summed E-state index contributed by atoms with van der Waals surface area (Å²) in [7, 11) is 0. The predicted molar refractivity (Wildman–Crippen MR) is 75.1 cm³/mol. The fourth-order valence-electron chi connectivity index (χ4n) is 2.10. The summed E-state index contributed by atoms with van der Waals surface area (Å²) in [4.78, 5) is 45.5. The maximum Gasteiger partial charge on any atom is 0.322 e. The second-order valence-corrected chi connectivity index (χ2v) is 5.01. The minimum absolute atomic E-state index is 0.00683. The lowest BCUT2D eigenvalue weighted by atomic mass is 9.91. The van der Waals surface area contributed by atoms with Crippen molar-refractivity contribution in [2.45, 2.75) is 18.9 Å². The van der Waals surface area contributed by atoms with E-state index in [4.69, 9.17) is 5.11 Å². The van der Waals surface area contributed by atoms with Gasteiger partial charge < -0.3 is 15.7 Å². The molecule has 0 radical (unpaired) electrons. The topological polar surface area (TPSA) is 125 Å². The van der Waals surface area contributed by atoms with Crippen molar-refractivity contribution >= 4 is 23.8 Å². The van der Waals surface area contributed by atoms with Gasteiger partial charge in [-0.05, 0) is 24.6 Å². The number of carbonyl (C=O) groups excluding carboxylic acids is 3. The summed E-state index contributed by atoms with van der Waals surface area (Å²) in [5.74, 6) is -1.95. The first-order valence-corrected chi connectivity index (χ1v) is 6.57. The molecule has 1 aliphatic rings. The van der Waals surface area contributed by atoms with E-state index >= 15 is 0 Å². The Morgan fingerprint density at radius 3 is 2.64 bits per heavy atom. The number of hydrogen-bond acceptors (Lipinski definition) is 4. The van der Waals surface area contributed by atoms with Crippen molar-refractivity contribution in [3.8, 4) is 0 Å². The summed E-state index contributed by atoms with van der Waals surface area (Å²) in [6.07, 6.45) is -0.179. The quantitative estimate of drug-likeness (QED) is 0.567. The molecule has 0 bridgehead atoms. The van der Waals surface area contributed by atoms with Gasteiger partial charge in [-0.1, -0.05) is 12.1 Å². The minimum atomic E-state index is -1.24. The van der Waals surface area contributed by atoms with E-state index in [1.165, 1.54) is 19.1 Å². The molecule has 1 aromatic carbocycles. The summed E-state index contributed by atoms with van der Waals surface area (Å²) < 4.78 is 0. The number of imide groups is 1. The third kappa shape index (κ3) is 3.05. The standard InChI is InChI=1S/C14H15N3O5/c1-14(12(21)16-13(22)17-14)9-4-2-3-8(7-9)11(20)15-6-5-10(18)19/h2-4,7H,5-6H2,1H3,(H,15,20)(H,18,19)(H2,16,17,21,22). The first-order valence-electron chi connectivity index (χ1n) is 6.57. The number of urea groups is 1. The maximum absolute atomic E-state index is 12.0. The van der Waals surface area contributed by atoms with Gasteiger partial charge in [0.1, 0.15) is 5.54 Å². The average molecular weight is 305 g/mol. The van der Waals surface area contributed by atoms with Crippen molar-refractivity contribution in [2.24, 2.45) is 0 Å². The van der Waals surface area contributed by atoms with Gasteiger partial charge in [0, 0.05) is 12.1 Å². The van der Waals surface area contributed by atoms with Crippen molar-refractivity contribution in [3.63, 3.8) is 0 Å². The largest absolute Gasteiger partial charge is 0.481 e. The third-order valence-corrected chi connectivity index (χ3v) is 3.37. The Morgan fingerprint density at radius 1 is 1.32 bits per heavy atom. The van der Waals surface area contributed by atoms with Gasteiger partial charge in [0.2, 0.25) is 0 Å². The zero-order valence-electron chi connectivity index (χ0n) is 11.8. The highest BCUT2D eigenvalue weighted by atomic mass is 16.4. The van der Waals surface area contributed by atoms with E-state index in [0.29, 0.717) is 5.56 Å². The second kappa shape index (κ2) is 5.84. The van der Waals surface area contributed by atoms with E-state index in [0.717, 1.165) is 0 Å². The third-order valence-electron chi connectivity index (χ3n) is 3.37. The van der Waals surface area contributed by atoms with E-state index in [1.54, 1.807) is 12.1 Å². The van der Waals surface area contributed by atoms with Gasteiger partial charge >= 0.3 is 12.0 Å². The Hall–Kier alpha value is -2.90. The smallest absolute Gasteiger partial charge is 0.322 e. The maximum atomic E-state index is 12.0. The van der Waals surface area contributed by atoms with Crippen LogP contribution in [-0.4, -0.2) is 35.5 Å². The minimum Gasteiger partial charge on any atom is -0.481 e. The molecule has 2 rings (SSSR count). The van der Waals surface area contributed by atoms with Crippen LogP contribution < -0.4 is 16.0 Å². The lowest BCUT2D eigenvalue weighted by Crippen LogP contribution is -2.40. The molecule has 0 spiro atoms. The molecule has 4 N–H and O–H groups in total. The van der Waals surface area contributed by atoms with Crippen LogP contribution >= 0.6 is 0 Å². The van der Waals surface area contributed by atoms with Crippen molar-refractivity contribution in [3.05, 3.63) is 35.4 Å². The van der Waals surface area contributed by atoms with E-state index in [-0.39, 0.29) is 18.5 Å². The molecule has 8 heteroatoms. The number of rotatable bonds is 5. The molecule has 1 atom stereocenters. The fourth-order valence-corrected chi connectivity index (χ4v) is 2.10. The normalized spacial score (nSPS) is 20.2. The molecule has 1 unspecified atom stereocenters. The number of nitrogens with one attached hydrogen (secondary N) is 3. The molecular weight excluding hydrogens is 290 g/mol. The second-order valence-electron chi connectivity index (χ2n) is 5.01. The van der Waals surface area contributed by atoms with E-state index < -0.39 is 29.4 Å². The number of hydrogen-bond donors (Lipinski definition) is 4. The van der Waals surface area contributed by atoms with E-state index in [1.807, 2.05) is 0 Å². The summed E-state index contributed by atoms with van der Waals surface area (Å²) in [5, 5.41) is 15.7. The molecule has 8 nitrogen and oxygen atoms in total. The molecule has 4 amide bonds. The lowest BCUT2D eigenvalue weighted by Gasteiger charge is -2.21. The Kier molecular flexibility index (Phi) is 4.11. The van der Waals surface area contributed by atoms with Gasteiger partial charge in [0.05, 0.1) is 6.42 Å². The molecule has 0 aromatic heterocycles. The molecule has 1 aromatic rings. The number of aliphatic carboxylic acids is 1. The highest BCUT2D eigenvalue weighted by molar-refractivity contribution is 6.07. The monoisotopic (exact) mass is 305 g/mol. The zero-order chi connectivity index (χ0) is 16.3. The molecule has 1 fully saturated rings. The zero-order valence-corrected chi connectivity index (χ0v) is 11.8.